The zero-order valence-corrected chi connectivity index (χ0v) is 16.0. The number of hydrogen-bond acceptors (Lipinski definition) is 4. The molecule has 1 aromatic heterocycles. The molecule has 0 unspecified atom stereocenters. The number of anilines is 1. The Labute approximate surface area is 157 Å². The monoisotopic (exact) mass is 373 g/mol. The molecule has 3 rings (SSSR count). The summed E-state index contributed by atoms with van der Waals surface area (Å²) in [6, 6.07) is 9.13. The molecule has 1 aliphatic rings. The summed E-state index contributed by atoms with van der Waals surface area (Å²) in [7, 11) is 1.62. The van der Waals surface area contributed by atoms with Crippen LogP contribution < -0.4 is 15.4 Å². The van der Waals surface area contributed by atoms with Gasteiger partial charge in [-0.2, -0.15) is 0 Å². The van der Waals surface area contributed by atoms with Gasteiger partial charge in [0.1, 0.15) is 5.75 Å². The molecule has 2 aromatic rings. The van der Waals surface area contributed by atoms with E-state index < -0.39 is 0 Å². The van der Waals surface area contributed by atoms with E-state index >= 15 is 0 Å². The Morgan fingerprint density at radius 2 is 2.08 bits per heavy atom. The zero-order chi connectivity index (χ0) is 18.7. The average Bonchev–Trinajstić information content (AvgIpc) is 3.04. The van der Waals surface area contributed by atoms with Crippen molar-refractivity contribution in [2.75, 3.05) is 18.9 Å². The van der Waals surface area contributed by atoms with E-state index in [9.17, 15) is 9.59 Å². The highest BCUT2D eigenvalue weighted by molar-refractivity contribution is 7.14. The number of nitrogens with one attached hydrogen (secondary N) is 2. The van der Waals surface area contributed by atoms with Crippen molar-refractivity contribution in [2.24, 2.45) is 0 Å². The molecule has 26 heavy (non-hydrogen) atoms. The van der Waals surface area contributed by atoms with Gasteiger partial charge in [-0.05, 0) is 44.0 Å². The number of urea groups is 1. The number of nitrogens with zero attached hydrogens (tertiary/aromatic N) is 1. The van der Waals surface area contributed by atoms with Crippen molar-refractivity contribution >= 4 is 29.0 Å². The fourth-order valence-corrected chi connectivity index (χ4v) is 3.97. The molecule has 0 aliphatic carbocycles. The molecule has 1 aromatic carbocycles. The summed E-state index contributed by atoms with van der Waals surface area (Å²) >= 11 is 1.51. The van der Waals surface area contributed by atoms with E-state index in [1.165, 1.54) is 16.2 Å². The summed E-state index contributed by atoms with van der Waals surface area (Å²) in [6.07, 6.45) is 0.843. The number of rotatable bonds is 4. The third kappa shape index (κ3) is 4.16. The lowest BCUT2D eigenvalue weighted by molar-refractivity contribution is 0.0967. The molecule has 7 heteroatoms. The molecule has 0 saturated carbocycles. The van der Waals surface area contributed by atoms with Crippen molar-refractivity contribution in [1.29, 1.82) is 0 Å². The van der Waals surface area contributed by atoms with Crippen LogP contribution in [0.1, 0.15) is 34.0 Å². The van der Waals surface area contributed by atoms with Crippen molar-refractivity contribution in [3.63, 3.8) is 0 Å². The predicted octanol–water partition coefficient (Wildman–Crippen LogP) is 3.49. The first-order chi connectivity index (χ1) is 12.5. The lowest BCUT2D eigenvalue weighted by Crippen LogP contribution is -2.38. The molecular weight excluding hydrogens is 350 g/mol. The fraction of sp³-hybridized carbons (Fsp3) is 0.368. The van der Waals surface area contributed by atoms with E-state index in [-0.39, 0.29) is 18.0 Å². The van der Waals surface area contributed by atoms with E-state index in [1.807, 2.05) is 44.2 Å². The Morgan fingerprint density at radius 1 is 1.27 bits per heavy atom. The molecule has 138 valence electrons. The Kier molecular flexibility index (Phi) is 5.46. The normalized spacial score (nSPS) is 13.3. The van der Waals surface area contributed by atoms with Crippen molar-refractivity contribution in [3.8, 4) is 5.75 Å². The minimum Gasteiger partial charge on any atom is -0.491 e. The first kappa shape index (κ1) is 18.3. The van der Waals surface area contributed by atoms with Crippen molar-refractivity contribution in [2.45, 2.75) is 32.9 Å². The van der Waals surface area contributed by atoms with E-state index in [2.05, 4.69) is 10.6 Å². The molecule has 0 radical (unpaired) electrons. The summed E-state index contributed by atoms with van der Waals surface area (Å²) < 4.78 is 5.66. The standard InChI is InChI=1S/C19H23N3O3S/c1-12(2)25-15-6-4-5-14(10-15)21-19(24)22-8-7-16-13(11-22)9-17(26-16)18(23)20-3/h4-6,9-10,12H,7-8,11H2,1-3H3,(H,20,23)(H,21,24). The van der Waals surface area contributed by atoms with Crippen LogP contribution >= 0.6 is 11.3 Å². The topological polar surface area (TPSA) is 70.7 Å². The van der Waals surface area contributed by atoms with E-state index in [4.69, 9.17) is 4.74 Å². The smallest absolute Gasteiger partial charge is 0.322 e. The molecule has 3 amide bonds. The maximum atomic E-state index is 12.6. The van der Waals surface area contributed by atoms with Gasteiger partial charge in [0.25, 0.3) is 5.91 Å². The van der Waals surface area contributed by atoms with Gasteiger partial charge in [0.05, 0.1) is 11.0 Å². The molecule has 0 saturated heterocycles. The molecular formula is C19H23N3O3S. The van der Waals surface area contributed by atoms with Gasteiger partial charge in [0.15, 0.2) is 0 Å². The highest BCUT2D eigenvalue weighted by Gasteiger charge is 2.24. The Balaban J connectivity index is 1.66. The maximum Gasteiger partial charge on any atom is 0.322 e. The second-order valence-corrected chi connectivity index (χ2v) is 7.57. The third-order valence-electron chi connectivity index (χ3n) is 4.06. The van der Waals surface area contributed by atoms with Gasteiger partial charge >= 0.3 is 6.03 Å². The summed E-state index contributed by atoms with van der Waals surface area (Å²) in [4.78, 5) is 28.0. The minimum atomic E-state index is -0.148. The number of amides is 3. The first-order valence-electron chi connectivity index (χ1n) is 8.62. The molecule has 0 bridgehead atoms. The largest absolute Gasteiger partial charge is 0.491 e. The van der Waals surface area contributed by atoms with E-state index in [0.717, 1.165) is 17.7 Å². The lowest BCUT2D eigenvalue weighted by atomic mass is 10.1. The quantitative estimate of drug-likeness (QED) is 0.862. The van der Waals surface area contributed by atoms with Gasteiger partial charge in [-0.15, -0.1) is 11.3 Å². The molecule has 0 spiro atoms. The number of hydrogen-bond donors (Lipinski definition) is 2. The molecule has 0 fully saturated rings. The summed E-state index contributed by atoms with van der Waals surface area (Å²) in [6.45, 7) is 5.07. The van der Waals surface area contributed by atoms with E-state index in [0.29, 0.717) is 23.7 Å². The van der Waals surface area contributed by atoms with Crippen LogP contribution in [0, 0.1) is 0 Å². The minimum absolute atomic E-state index is 0.0783. The zero-order valence-electron chi connectivity index (χ0n) is 15.2. The fourth-order valence-electron chi connectivity index (χ4n) is 2.86. The number of thiophene rings is 1. The van der Waals surface area contributed by atoms with Crippen LogP contribution in [0.5, 0.6) is 5.75 Å². The van der Waals surface area contributed by atoms with Crippen LogP contribution in [0.25, 0.3) is 0 Å². The Hall–Kier alpha value is -2.54. The number of carbonyl (C=O) groups is 2. The highest BCUT2D eigenvalue weighted by atomic mass is 32.1. The maximum absolute atomic E-state index is 12.6. The molecule has 0 atom stereocenters. The van der Waals surface area contributed by atoms with Gasteiger partial charge in [-0.3, -0.25) is 4.79 Å². The summed E-state index contributed by atoms with van der Waals surface area (Å²) in [5.74, 6) is 0.647. The lowest BCUT2D eigenvalue weighted by Gasteiger charge is -2.27. The van der Waals surface area contributed by atoms with Crippen LogP contribution in [-0.2, 0) is 13.0 Å². The van der Waals surface area contributed by atoms with Gasteiger partial charge in [-0.1, -0.05) is 6.07 Å². The van der Waals surface area contributed by atoms with Crippen LogP contribution in [0.15, 0.2) is 30.3 Å². The Morgan fingerprint density at radius 3 is 2.81 bits per heavy atom. The number of fused-ring (bicyclic) bond motifs is 1. The molecule has 2 N–H and O–H groups in total. The molecule has 1 aliphatic heterocycles. The van der Waals surface area contributed by atoms with Gasteiger partial charge in [0, 0.05) is 36.8 Å². The van der Waals surface area contributed by atoms with Gasteiger partial charge in [-0.25, -0.2) is 4.79 Å². The highest BCUT2D eigenvalue weighted by Crippen LogP contribution is 2.28. The van der Waals surface area contributed by atoms with Crippen LogP contribution in [0.2, 0.25) is 0 Å². The van der Waals surface area contributed by atoms with E-state index in [1.54, 1.807) is 11.9 Å². The number of benzene rings is 1. The van der Waals surface area contributed by atoms with Crippen molar-refractivity contribution in [3.05, 3.63) is 45.6 Å². The molecule has 6 nitrogen and oxygen atoms in total. The second kappa shape index (κ2) is 7.78. The van der Waals surface area contributed by atoms with Gasteiger partial charge in [0.2, 0.25) is 0 Å². The first-order valence-corrected chi connectivity index (χ1v) is 9.44. The average molecular weight is 373 g/mol. The van der Waals surface area contributed by atoms with Crippen LogP contribution in [0.4, 0.5) is 10.5 Å². The van der Waals surface area contributed by atoms with Crippen LogP contribution in [-0.4, -0.2) is 36.5 Å². The Bertz CT molecular complexity index is 816. The number of ether oxygens (including phenoxy) is 1. The van der Waals surface area contributed by atoms with Crippen LogP contribution in [0.3, 0.4) is 0 Å². The van der Waals surface area contributed by atoms with Gasteiger partial charge < -0.3 is 20.3 Å². The summed E-state index contributed by atoms with van der Waals surface area (Å²) in [5.41, 5.74) is 1.75. The third-order valence-corrected chi connectivity index (χ3v) is 5.30. The number of carbonyl (C=O) groups excluding carboxylic acids is 2. The van der Waals surface area contributed by atoms with Crippen molar-refractivity contribution < 1.29 is 14.3 Å². The molecule has 2 heterocycles. The summed E-state index contributed by atoms with van der Waals surface area (Å²) in [5, 5.41) is 5.57. The second-order valence-electron chi connectivity index (χ2n) is 6.43. The SMILES string of the molecule is CNC(=O)c1cc2c(s1)CCN(C(=O)Nc1cccc(OC(C)C)c1)C2. The predicted molar refractivity (Wildman–Crippen MR) is 103 cm³/mol. The van der Waals surface area contributed by atoms with Crippen molar-refractivity contribution in [1.82, 2.24) is 10.2 Å².